The summed E-state index contributed by atoms with van der Waals surface area (Å²) in [7, 11) is 2.09. The zero-order valence-electron chi connectivity index (χ0n) is 7.43. The fraction of sp³-hybridized carbons (Fsp3) is 0.444. The van der Waals surface area contributed by atoms with Crippen molar-refractivity contribution in [3.63, 3.8) is 0 Å². The fourth-order valence-corrected chi connectivity index (χ4v) is 1.99. The Morgan fingerprint density at radius 1 is 1.62 bits per heavy atom. The fourth-order valence-electron chi connectivity index (χ4n) is 1.62. The second-order valence-corrected chi connectivity index (χ2v) is 4.29. The van der Waals surface area contributed by atoms with Crippen LogP contribution in [0.15, 0.2) is 15.3 Å². The van der Waals surface area contributed by atoms with Gasteiger partial charge in [-0.25, -0.2) is 0 Å². The van der Waals surface area contributed by atoms with Crippen molar-refractivity contribution in [3.05, 3.63) is 32.2 Å². The Labute approximate surface area is 84.9 Å². The van der Waals surface area contributed by atoms with Crippen LogP contribution in [0, 0.1) is 0 Å². The number of hydrogen-bond acceptors (Lipinski definition) is 2. The minimum Gasteiger partial charge on any atom is -0.325 e. The van der Waals surface area contributed by atoms with Gasteiger partial charge in [-0.1, -0.05) is 0 Å². The van der Waals surface area contributed by atoms with Crippen LogP contribution in [-0.2, 0) is 13.0 Å². The summed E-state index contributed by atoms with van der Waals surface area (Å²) < 4.78 is 0.626. The number of rotatable bonds is 0. The second kappa shape index (κ2) is 3.27. The van der Waals surface area contributed by atoms with Crippen LogP contribution in [0.5, 0.6) is 0 Å². The van der Waals surface area contributed by atoms with Crippen molar-refractivity contribution in [2.75, 3.05) is 13.6 Å². The van der Waals surface area contributed by atoms with Crippen LogP contribution in [-0.4, -0.2) is 23.5 Å². The molecule has 0 saturated heterocycles. The van der Waals surface area contributed by atoms with Gasteiger partial charge in [-0.15, -0.1) is 0 Å². The lowest BCUT2D eigenvalue weighted by Gasteiger charge is -2.24. The number of likely N-dealkylation sites (N-methyl/N-ethyl adjacent to an activating group) is 1. The lowest BCUT2D eigenvalue weighted by Crippen LogP contribution is -2.29. The summed E-state index contributed by atoms with van der Waals surface area (Å²) in [5.41, 5.74) is 2.29. The van der Waals surface area contributed by atoms with E-state index in [4.69, 9.17) is 0 Å². The molecular formula is C9H11BrN2O. The molecule has 3 nitrogen and oxygen atoms in total. The van der Waals surface area contributed by atoms with E-state index in [1.54, 1.807) is 0 Å². The molecule has 0 radical (unpaired) electrons. The van der Waals surface area contributed by atoms with Crippen molar-refractivity contribution >= 4 is 15.9 Å². The molecule has 2 heterocycles. The molecule has 1 aliphatic heterocycles. The van der Waals surface area contributed by atoms with Gasteiger partial charge in [0.15, 0.2) is 0 Å². The summed E-state index contributed by atoms with van der Waals surface area (Å²) in [6.45, 7) is 1.94. The number of pyridine rings is 1. The lowest BCUT2D eigenvalue weighted by atomic mass is 10.1. The molecule has 0 bridgehead atoms. The summed E-state index contributed by atoms with van der Waals surface area (Å²) in [6, 6.07) is 1.92. The third kappa shape index (κ3) is 1.69. The lowest BCUT2D eigenvalue weighted by molar-refractivity contribution is 0.309. The molecule has 0 atom stereocenters. The number of hydrogen-bond donors (Lipinski definition) is 1. The largest absolute Gasteiger partial charge is 0.325 e. The maximum atomic E-state index is 11.3. The molecule has 0 fully saturated rings. The molecule has 1 aliphatic rings. The highest BCUT2D eigenvalue weighted by atomic mass is 79.9. The van der Waals surface area contributed by atoms with Gasteiger partial charge in [-0.05, 0) is 34.6 Å². The molecule has 2 rings (SSSR count). The van der Waals surface area contributed by atoms with E-state index >= 15 is 0 Å². The zero-order chi connectivity index (χ0) is 9.42. The van der Waals surface area contributed by atoms with Gasteiger partial charge in [0.05, 0.1) is 4.47 Å². The van der Waals surface area contributed by atoms with E-state index in [9.17, 15) is 4.79 Å². The summed E-state index contributed by atoms with van der Waals surface area (Å²) in [5, 5.41) is 0. The molecule has 1 aromatic rings. The van der Waals surface area contributed by atoms with E-state index in [1.165, 1.54) is 5.56 Å². The van der Waals surface area contributed by atoms with Crippen LogP contribution in [0.25, 0.3) is 0 Å². The van der Waals surface area contributed by atoms with Gasteiger partial charge in [0.25, 0.3) is 5.56 Å². The summed E-state index contributed by atoms with van der Waals surface area (Å²) in [5.74, 6) is 0. The quantitative estimate of drug-likeness (QED) is 0.741. The van der Waals surface area contributed by atoms with Gasteiger partial charge >= 0.3 is 0 Å². The van der Waals surface area contributed by atoms with Gasteiger partial charge in [-0.3, -0.25) is 4.79 Å². The first-order valence-corrected chi connectivity index (χ1v) is 5.05. The van der Waals surface area contributed by atoms with Crippen molar-refractivity contribution in [1.29, 1.82) is 0 Å². The number of halogens is 1. The Hall–Kier alpha value is -0.610. The predicted molar refractivity (Wildman–Crippen MR) is 54.8 cm³/mol. The molecule has 0 aliphatic carbocycles. The molecule has 1 aromatic heterocycles. The third-order valence-electron chi connectivity index (χ3n) is 2.35. The first-order valence-electron chi connectivity index (χ1n) is 4.26. The van der Waals surface area contributed by atoms with Crippen LogP contribution in [0.1, 0.15) is 11.3 Å². The van der Waals surface area contributed by atoms with Crippen molar-refractivity contribution < 1.29 is 0 Å². The summed E-state index contributed by atoms with van der Waals surface area (Å²) >= 11 is 3.23. The highest BCUT2D eigenvalue weighted by molar-refractivity contribution is 9.10. The molecule has 0 spiro atoms. The number of nitrogens with zero attached hydrogens (tertiary/aromatic N) is 1. The number of fused-ring (bicyclic) bond motifs is 1. The van der Waals surface area contributed by atoms with Gasteiger partial charge in [-0.2, -0.15) is 0 Å². The average molecular weight is 243 g/mol. The van der Waals surface area contributed by atoms with Crippen molar-refractivity contribution in [2.45, 2.75) is 13.0 Å². The zero-order valence-corrected chi connectivity index (χ0v) is 9.02. The topological polar surface area (TPSA) is 36.1 Å². The third-order valence-corrected chi connectivity index (χ3v) is 2.94. The molecular weight excluding hydrogens is 232 g/mol. The summed E-state index contributed by atoms with van der Waals surface area (Å²) in [4.78, 5) is 16.4. The Balaban J connectivity index is 2.49. The maximum Gasteiger partial charge on any atom is 0.262 e. The van der Waals surface area contributed by atoms with Crippen LogP contribution >= 0.6 is 15.9 Å². The molecule has 70 valence electrons. The molecule has 4 heteroatoms. The first-order chi connectivity index (χ1) is 6.16. The SMILES string of the molecule is CN1CCc2[nH]c(=O)c(Br)cc2C1. The first kappa shape index (κ1) is 8.97. The van der Waals surface area contributed by atoms with Gasteiger partial charge in [0.2, 0.25) is 0 Å². The minimum atomic E-state index is -0.0247. The van der Waals surface area contributed by atoms with Gasteiger partial charge in [0, 0.05) is 25.2 Å². The average Bonchev–Trinajstić information content (AvgIpc) is 2.08. The molecule has 1 N–H and O–H groups in total. The van der Waals surface area contributed by atoms with E-state index in [0.717, 1.165) is 25.2 Å². The smallest absolute Gasteiger partial charge is 0.262 e. The maximum absolute atomic E-state index is 11.3. The van der Waals surface area contributed by atoms with Crippen LogP contribution in [0.3, 0.4) is 0 Å². The number of aromatic amines is 1. The Kier molecular flexibility index (Phi) is 2.26. The van der Waals surface area contributed by atoms with Crippen molar-refractivity contribution in [3.8, 4) is 0 Å². The van der Waals surface area contributed by atoms with E-state index in [0.29, 0.717) is 4.47 Å². The highest BCUT2D eigenvalue weighted by Gasteiger charge is 2.14. The standard InChI is InChI=1S/C9H11BrN2O/c1-12-3-2-8-6(5-12)4-7(10)9(13)11-8/h4H,2-3,5H2,1H3,(H,11,13). The molecule has 0 amide bonds. The normalized spacial score (nSPS) is 17.1. The van der Waals surface area contributed by atoms with Crippen LogP contribution in [0.4, 0.5) is 0 Å². The van der Waals surface area contributed by atoms with E-state index in [1.807, 2.05) is 6.07 Å². The van der Waals surface area contributed by atoms with Crippen molar-refractivity contribution in [2.24, 2.45) is 0 Å². The predicted octanol–water partition coefficient (Wildman–Crippen LogP) is 1.13. The Morgan fingerprint density at radius 3 is 3.15 bits per heavy atom. The van der Waals surface area contributed by atoms with E-state index in [-0.39, 0.29) is 5.56 Å². The Morgan fingerprint density at radius 2 is 2.38 bits per heavy atom. The summed E-state index contributed by atoms with van der Waals surface area (Å²) in [6.07, 6.45) is 0.939. The van der Waals surface area contributed by atoms with Gasteiger partial charge in [0.1, 0.15) is 0 Å². The van der Waals surface area contributed by atoms with E-state index < -0.39 is 0 Å². The Bertz CT molecular complexity index is 386. The minimum absolute atomic E-state index is 0.0247. The second-order valence-electron chi connectivity index (χ2n) is 3.44. The van der Waals surface area contributed by atoms with Gasteiger partial charge < -0.3 is 9.88 Å². The molecule has 0 aromatic carbocycles. The molecule has 13 heavy (non-hydrogen) atoms. The highest BCUT2D eigenvalue weighted by Crippen LogP contribution is 2.16. The van der Waals surface area contributed by atoms with Crippen LogP contribution in [0.2, 0.25) is 0 Å². The molecule has 0 unspecified atom stereocenters. The number of H-pyrrole nitrogens is 1. The van der Waals surface area contributed by atoms with Crippen LogP contribution < -0.4 is 5.56 Å². The van der Waals surface area contributed by atoms with Crippen molar-refractivity contribution in [1.82, 2.24) is 9.88 Å². The molecule has 0 saturated carbocycles. The number of aromatic nitrogens is 1. The van der Waals surface area contributed by atoms with E-state index in [2.05, 4.69) is 32.9 Å². The monoisotopic (exact) mass is 242 g/mol. The number of nitrogens with one attached hydrogen (secondary N) is 1.